The Morgan fingerprint density at radius 1 is 0.800 bits per heavy atom. The lowest BCUT2D eigenvalue weighted by molar-refractivity contribution is 0.0696. The number of carboxylic acid groups (broad SMARTS) is 1. The lowest BCUT2D eigenvalue weighted by Gasteiger charge is -2.14. The molecule has 35 heavy (non-hydrogen) atoms. The summed E-state index contributed by atoms with van der Waals surface area (Å²) in [6.45, 7) is 2.41. The van der Waals surface area contributed by atoms with Crippen LogP contribution in [0.25, 0.3) is 0 Å². The van der Waals surface area contributed by atoms with E-state index in [1.807, 2.05) is 0 Å². The Balaban J connectivity index is 1.54. The molecule has 3 rings (SSSR count). The predicted molar refractivity (Wildman–Crippen MR) is 129 cm³/mol. The first-order chi connectivity index (χ1) is 16.8. The molecule has 0 atom stereocenters. The number of methoxy groups -OCH3 is 2. The van der Waals surface area contributed by atoms with E-state index in [1.165, 1.54) is 26.4 Å². The summed E-state index contributed by atoms with van der Waals surface area (Å²) >= 11 is 0. The van der Waals surface area contributed by atoms with Crippen LogP contribution in [0.1, 0.15) is 44.7 Å². The van der Waals surface area contributed by atoms with Gasteiger partial charge in [-0.1, -0.05) is 12.1 Å². The van der Waals surface area contributed by atoms with Crippen LogP contribution in [0.5, 0.6) is 28.7 Å². The largest absolute Gasteiger partial charge is 0.507 e. The van der Waals surface area contributed by atoms with Gasteiger partial charge in [0.1, 0.15) is 17.2 Å². The van der Waals surface area contributed by atoms with Crippen molar-refractivity contribution in [3.05, 3.63) is 76.9 Å². The first kappa shape index (κ1) is 25.4. The number of benzene rings is 3. The van der Waals surface area contributed by atoms with E-state index in [0.29, 0.717) is 60.2 Å². The van der Waals surface area contributed by atoms with Crippen LogP contribution in [0.4, 0.5) is 0 Å². The topological polar surface area (TPSA) is 112 Å². The molecule has 0 heterocycles. The highest BCUT2D eigenvalue weighted by molar-refractivity contribution is 6.11. The summed E-state index contributed by atoms with van der Waals surface area (Å²) in [5.41, 5.74) is 1.20. The summed E-state index contributed by atoms with van der Waals surface area (Å²) < 4.78 is 21.9. The predicted octanol–water partition coefficient (Wildman–Crippen LogP) is 4.89. The van der Waals surface area contributed by atoms with Gasteiger partial charge in [-0.2, -0.15) is 0 Å². The fourth-order valence-electron chi connectivity index (χ4n) is 3.43. The summed E-state index contributed by atoms with van der Waals surface area (Å²) in [6, 6.07) is 14.4. The number of carbonyl (C=O) groups is 2. The van der Waals surface area contributed by atoms with Crippen molar-refractivity contribution < 1.29 is 38.7 Å². The molecule has 0 amide bonds. The third kappa shape index (κ3) is 6.23. The molecule has 0 aliphatic heterocycles. The number of ether oxygens (including phenoxy) is 4. The van der Waals surface area contributed by atoms with Gasteiger partial charge in [-0.05, 0) is 62.2 Å². The van der Waals surface area contributed by atoms with Crippen LogP contribution in [0, 0.1) is 6.92 Å². The van der Waals surface area contributed by atoms with Crippen molar-refractivity contribution >= 4 is 11.8 Å². The minimum atomic E-state index is -1.04. The van der Waals surface area contributed by atoms with Crippen molar-refractivity contribution in [2.45, 2.75) is 19.8 Å². The second kappa shape index (κ2) is 11.8. The van der Waals surface area contributed by atoms with E-state index in [2.05, 4.69) is 0 Å². The molecule has 8 heteroatoms. The van der Waals surface area contributed by atoms with Gasteiger partial charge in [-0.3, -0.25) is 4.79 Å². The fourth-order valence-corrected chi connectivity index (χ4v) is 3.43. The Labute approximate surface area is 203 Å². The highest BCUT2D eigenvalue weighted by Gasteiger charge is 2.18. The number of aromatic hydroxyl groups is 1. The van der Waals surface area contributed by atoms with Gasteiger partial charge < -0.3 is 29.2 Å². The first-order valence-corrected chi connectivity index (χ1v) is 11.0. The smallest absolute Gasteiger partial charge is 0.335 e. The number of phenols is 1. The number of hydrogen-bond acceptors (Lipinski definition) is 7. The van der Waals surface area contributed by atoms with E-state index in [1.54, 1.807) is 49.4 Å². The monoisotopic (exact) mass is 480 g/mol. The normalized spacial score (nSPS) is 10.5. The standard InChI is InChI=1S/C27H28O8/c1-17-22(12-10-21(25(17)28)26(29)18-7-6-8-20(15-18)32-2)34-13-4-5-14-35-24-16-19(27(30)31)9-11-23(24)33-3/h6-12,15-16,28H,4-5,13-14H2,1-3H3,(H,30,31). The Kier molecular flexibility index (Phi) is 8.56. The summed E-state index contributed by atoms with van der Waals surface area (Å²) in [4.78, 5) is 24.0. The molecule has 3 aromatic carbocycles. The zero-order valence-electron chi connectivity index (χ0n) is 19.9. The second-order valence-electron chi connectivity index (χ2n) is 7.72. The van der Waals surface area contributed by atoms with Gasteiger partial charge >= 0.3 is 5.97 Å². The summed E-state index contributed by atoms with van der Waals surface area (Å²) in [6.07, 6.45) is 1.31. The zero-order chi connectivity index (χ0) is 25.4. The maximum Gasteiger partial charge on any atom is 0.335 e. The average molecular weight is 481 g/mol. The van der Waals surface area contributed by atoms with Crippen molar-refractivity contribution in [3.8, 4) is 28.7 Å². The van der Waals surface area contributed by atoms with E-state index in [9.17, 15) is 14.7 Å². The molecule has 0 saturated heterocycles. The maximum absolute atomic E-state index is 12.8. The molecule has 0 radical (unpaired) electrons. The van der Waals surface area contributed by atoms with Gasteiger partial charge in [0.15, 0.2) is 17.3 Å². The summed E-state index contributed by atoms with van der Waals surface area (Å²) in [5, 5.41) is 19.7. The average Bonchev–Trinajstić information content (AvgIpc) is 2.87. The summed E-state index contributed by atoms with van der Waals surface area (Å²) in [5.74, 6) is 0.400. The highest BCUT2D eigenvalue weighted by Crippen LogP contribution is 2.33. The van der Waals surface area contributed by atoms with Gasteiger partial charge in [0.2, 0.25) is 0 Å². The molecule has 2 N–H and O–H groups in total. The Bertz CT molecular complexity index is 1200. The molecule has 0 fully saturated rings. The minimum absolute atomic E-state index is 0.118. The van der Waals surface area contributed by atoms with E-state index in [-0.39, 0.29) is 22.7 Å². The molecule has 0 aliphatic rings. The Morgan fingerprint density at radius 2 is 1.49 bits per heavy atom. The molecular weight excluding hydrogens is 452 g/mol. The van der Waals surface area contributed by atoms with Crippen molar-refractivity contribution in [1.82, 2.24) is 0 Å². The van der Waals surface area contributed by atoms with Crippen LogP contribution < -0.4 is 18.9 Å². The molecule has 0 aromatic heterocycles. The van der Waals surface area contributed by atoms with Crippen molar-refractivity contribution in [2.75, 3.05) is 27.4 Å². The van der Waals surface area contributed by atoms with E-state index >= 15 is 0 Å². The number of carbonyl (C=O) groups excluding carboxylic acids is 1. The molecular formula is C27H28O8. The molecule has 0 bridgehead atoms. The zero-order valence-corrected chi connectivity index (χ0v) is 19.9. The number of unbranched alkanes of at least 4 members (excludes halogenated alkanes) is 1. The summed E-state index contributed by atoms with van der Waals surface area (Å²) in [7, 11) is 3.01. The van der Waals surface area contributed by atoms with Crippen LogP contribution in [0.3, 0.4) is 0 Å². The van der Waals surface area contributed by atoms with Crippen LogP contribution >= 0.6 is 0 Å². The van der Waals surface area contributed by atoms with Crippen molar-refractivity contribution in [3.63, 3.8) is 0 Å². The number of aromatic carboxylic acids is 1. The first-order valence-electron chi connectivity index (χ1n) is 11.0. The third-order valence-corrected chi connectivity index (χ3v) is 5.42. The van der Waals surface area contributed by atoms with E-state index in [0.717, 1.165) is 0 Å². The van der Waals surface area contributed by atoms with Gasteiger partial charge in [-0.15, -0.1) is 0 Å². The molecule has 0 spiro atoms. The molecule has 0 saturated carbocycles. The molecule has 184 valence electrons. The van der Waals surface area contributed by atoms with Crippen LogP contribution in [-0.4, -0.2) is 49.4 Å². The fraction of sp³-hybridized carbons (Fsp3) is 0.259. The number of phenolic OH excluding ortho intramolecular Hbond substituents is 1. The van der Waals surface area contributed by atoms with Gasteiger partial charge in [0.25, 0.3) is 0 Å². The lowest BCUT2D eigenvalue weighted by Crippen LogP contribution is -2.06. The number of hydrogen-bond donors (Lipinski definition) is 2. The van der Waals surface area contributed by atoms with E-state index < -0.39 is 5.97 Å². The number of ketones is 1. The lowest BCUT2D eigenvalue weighted by atomic mass is 9.99. The molecule has 0 aliphatic carbocycles. The number of rotatable bonds is 12. The van der Waals surface area contributed by atoms with E-state index in [4.69, 9.17) is 24.1 Å². The molecule has 3 aromatic rings. The second-order valence-corrected chi connectivity index (χ2v) is 7.72. The molecule has 8 nitrogen and oxygen atoms in total. The SMILES string of the molecule is COc1cccc(C(=O)c2ccc(OCCCCOc3cc(C(=O)O)ccc3OC)c(C)c2O)c1. The number of carboxylic acids is 1. The van der Waals surface area contributed by atoms with Crippen molar-refractivity contribution in [2.24, 2.45) is 0 Å². The molecule has 0 unspecified atom stereocenters. The van der Waals surface area contributed by atoms with Crippen LogP contribution in [-0.2, 0) is 0 Å². The Hall–Kier alpha value is -4.20. The highest BCUT2D eigenvalue weighted by atomic mass is 16.5. The third-order valence-electron chi connectivity index (χ3n) is 5.42. The quantitative estimate of drug-likeness (QED) is 0.279. The van der Waals surface area contributed by atoms with Gasteiger partial charge in [0, 0.05) is 11.1 Å². The van der Waals surface area contributed by atoms with Gasteiger partial charge in [-0.25, -0.2) is 4.79 Å². The Morgan fingerprint density at radius 3 is 2.14 bits per heavy atom. The van der Waals surface area contributed by atoms with Crippen molar-refractivity contribution in [1.29, 1.82) is 0 Å². The minimum Gasteiger partial charge on any atom is -0.507 e. The van der Waals surface area contributed by atoms with Gasteiger partial charge in [0.05, 0.1) is 38.6 Å². The van der Waals surface area contributed by atoms with Crippen LogP contribution in [0.15, 0.2) is 54.6 Å². The maximum atomic E-state index is 12.8. The van der Waals surface area contributed by atoms with Crippen LogP contribution in [0.2, 0.25) is 0 Å².